The van der Waals surface area contributed by atoms with Gasteiger partial charge in [0.2, 0.25) is 0 Å². The fraction of sp³-hybridized carbons (Fsp3) is 0.217. The Morgan fingerprint density at radius 2 is 1.64 bits per heavy atom. The average Bonchev–Trinajstić information content (AvgIpc) is 3.39. The Morgan fingerprint density at radius 3 is 2.27 bits per heavy atom. The Kier molecular flexibility index (Phi) is 6.65. The van der Waals surface area contributed by atoms with Crippen LogP contribution in [-0.4, -0.2) is 61.0 Å². The van der Waals surface area contributed by atoms with E-state index in [2.05, 4.69) is 15.6 Å². The molecule has 10 nitrogen and oxygen atoms in total. The van der Waals surface area contributed by atoms with Gasteiger partial charge in [0.25, 0.3) is 5.91 Å². The van der Waals surface area contributed by atoms with Gasteiger partial charge in [0, 0.05) is 36.1 Å². The van der Waals surface area contributed by atoms with Crippen molar-refractivity contribution in [1.29, 1.82) is 0 Å². The third-order valence-electron chi connectivity index (χ3n) is 5.05. The number of hydrogen-bond donors (Lipinski definition) is 2. The lowest BCUT2D eigenvalue weighted by atomic mass is 10.1. The minimum absolute atomic E-state index is 0.100. The maximum atomic E-state index is 12.5. The summed E-state index contributed by atoms with van der Waals surface area (Å²) in [5.74, 6) is -0.835. The second-order valence-corrected chi connectivity index (χ2v) is 7.17. The number of hydrogen-bond acceptors (Lipinski definition) is 7. The molecule has 170 valence electrons. The number of aromatic nitrogens is 1. The molecule has 33 heavy (non-hydrogen) atoms. The van der Waals surface area contributed by atoms with Gasteiger partial charge in [-0.05, 0) is 36.4 Å². The smallest absolute Gasteiger partial charge is 0.314 e. The standard InChI is InChI=1S/C23H22N4O6/c1-31-19-12-17(6-7-18(19)20-13-24-14-33-20)26-22(29)21(28)25-16-4-2-15(3-5-16)23(30)27-8-10-32-11-9-27/h2-7,12-14H,8-11H2,1H3,(H,25,28)(H,26,29). The van der Waals surface area contributed by atoms with Crippen LogP contribution < -0.4 is 15.4 Å². The number of amides is 3. The van der Waals surface area contributed by atoms with Gasteiger partial charge in [-0.3, -0.25) is 14.4 Å². The lowest BCUT2D eigenvalue weighted by Crippen LogP contribution is -2.40. The third kappa shape index (κ3) is 5.18. The Morgan fingerprint density at radius 1 is 0.970 bits per heavy atom. The predicted molar refractivity (Wildman–Crippen MR) is 119 cm³/mol. The van der Waals surface area contributed by atoms with Gasteiger partial charge >= 0.3 is 11.8 Å². The van der Waals surface area contributed by atoms with Crippen molar-refractivity contribution in [2.24, 2.45) is 0 Å². The molecule has 4 rings (SSSR count). The molecule has 3 aromatic rings. The van der Waals surface area contributed by atoms with E-state index in [1.807, 2.05) is 0 Å². The summed E-state index contributed by atoms with van der Waals surface area (Å²) in [6, 6.07) is 11.3. The maximum absolute atomic E-state index is 12.5. The molecule has 0 bridgehead atoms. The largest absolute Gasteiger partial charge is 0.496 e. The van der Waals surface area contributed by atoms with Gasteiger partial charge in [-0.1, -0.05) is 0 Å². The SMILES string of the molecule is COc1cc(NC(=O)C(=O)Nc2ccc(C(=O)N3CCOCC3)cc2)ccc1-c1cnco1. The Hall–Kier alpha value is -4.18. The summed E-state index contributed by atoms with van der Waals surface area (Å²) in [6.45, 7) is 2.12. The Labute approximate surface area is 189 Å². The molecule has 2 N–H and O–H groups in total. The van der Waals surface area contributed by atoms with E-state index in [9.17, 15) is 14.4 Å². The van der Waals surface area contributed by atoms with Crippen molar-refractivity contribution < 1.29 is 28.3 Å². The predicted octanol–water partition coefficient (Wildman–Crippen LogP) is 2.40. The number of carbonyl (C=O) groups is 3. The van der Waals surface area contributed by atoms with E-state index in [0.717, 1.165) is 0 Å². The van der Waals surface area contributed by atoms with Gasteiger partial charge in [-0.2, -0.15) is 0 Å². The second kappa shape index (κ2) is 9.96. The fourth-order valence-corrected chi connectivity index (χ4v) is 3.34. The highest BCUT2D eigenvalue weighted by atomic mass is 16.5. The van der Waals surface area contributed by atoms with Crippen LogP contribution in [0.2, 0.25) is 0 Å². The molecule has 10 heteroatoms. The highest BCUT2D eigenvalue weighted by molar-refractivity contribution is 6.43. The van der Waals surface area contributed by atoms with E-state index in [0.29, 0.717) is 60.3 Å². The highest BCUT2D eigenvalue weighted by Gasteiger charge is 2.19. The van der Waals surface area contributed by atoms with Crippen LogP contribution in [0.15, 0.2) is 59.5 Å². The first-order valence-corrected chi connectivity index (χ1v) is 10.2. The molecule has 2 heterocycles. The molecule has 0 unspecified atom stereocenters. The van der Waals surface area contributed by atoms with Crippen molar-refractivity contribution >= 4 is 29.1 Å². The number of ether oxygens (including phenoxy) is 2. The first kappa shape index (κ1) is 22.0. The summed E-state index contributed by atoms with van der Waals surface area (Å²) in [5, 5.41) is 5.05. The lowest BCUT2D eigenvalue weighted by molar-refractivity contribution is -0.132. The molecule has 0 spiro atoms. The number of anilines is 2. The number of oxazole rings is 1. The number of rotatable bonds is 5. The van der Waals surface area contributed by atoms with E-state index in [4.69, 9.17) is 13.9 Å². The number of nitrogens with one attached hydrogen (secondary N) is 2. The molecule has 1 aliphatic heterocycles. The molecule has 3 amide bonds. The molecule has 1 aromatic heterocycles. The van der Waals surface area contributed by atoms with Crippen molar-refractivity contribution in [2.45, 2.75) is 0 Å². The van der Waals surface area contributed by atoms with Gasteiger partial charge < -0.3 is 29.4 Å². The Balaban J connectivity index is 1.36. The monoisotopic (exact) mass is 450 g/mol. The molecular formula is C23H22N4O6. The number of methoxy groups -OCH3 is 1. The van der Waals surface area contributed by atoms with Crippen LogP contribution in [-0.2, 0) is 14.3 Å². The van der Waals surface area contributed by atoms with Crippen molar-refractivity contribution in [1.82, 2.24) is 9.88 Å². The third-order valence-corrected chi connectivity index (χ3v) is 5.05. The van der Waals surface area contributed by atoms with Crippen molar-refractivity contribution in [3.05, 3.63) is 60.6 Å². The van der Waals surface area contributed by atoms with Gasteiger partial charge in [0.05, 0.1) is 32.1 Å². The lowest BCUT2D eigenvalue weighted by Gasteiger charge is -2.26. The van der Waals surface area contributed by atoms with Gasteiger partial charge in [-0.25, -0.2) is 4.98 Å². The highest BCUT2D eigenvalue weighted by Crippen LogP contribution is 2.32. The number of morpholine rings is 1. The van der Waals surface area contributed by atoms with Crippen molar-refractivity contribution in [2.75, 3.05) is 44.0 Å². The molecule has 0 radical (unpaired) electrons. The first-order valence-electron chi connectivity index (χ1n) is 10.2. The zero-order valence-corrected chi connectivity index (χ0v) is 17.9. The zero-order valence-electron chi connectivity index (χ0n) is 17.9. The number of carbonyl (C=O) groups excluding carboxylic acids is 3. The van der Waals surface area contributed by atoms with E-state index < -0.39 is 11.8 Å². The first-order chi connectivity index (χ1) is 16.0. The van der Waals surface area contributed by atoms with Crippen LogP contribution in [0.3, 0.4) is 0 Å². The van der Waals surface area contributed by atoms with Crippen LogP contribution in [0.1, 0.15) is 10.4 Å². The van der Waals surface area contributed by atoms with Crippen LogP contribution >= 0.6 is 0 Å². The summed E-state index contributed by atoms with van der Waals surface area (Å²) in [7, 11) is 1.49. The summed E-state index contributed by atoms with van der Waals surface area (Å²) in [5.41, 5.74) is 1.93. The molecule has 1 saturated heterocycles. The molecule has 1 fully saturated rings. The fourth-order valence-electron chi connectivity index (χ4n) is 3.34. The zero-order chi connectivity index (χ0) is 23.2. The molecule has 0 atom stereocenters. The minimum atomic E-state index is -0.849. The van der Waals surface area contributed by atoms with Crippen LogP contribution in [0.4, 0.5) is 11.4 Å². The van der Waals surface area contributed by atoms with Crippen LogP contribution in [0, 0.1) is 0 Å². The van der Waals surface area contributed by atoms with Gasteiger partial charge in [0.1, 0.15) is 5.75 Å². The number of benzene rings is 2. The van der Waals surface area contributed by atoms with E-state index in [-0.39, 0.29) is 5.91 Å². The minimum Gasteiger partial charge on any atom is -0.496 e. The summed E-state index contributed by atoms with van der Waals surface area (Å²) in [6.07, 6.45) is 2.85. The van der Waals surface area contributed by atoms with E-state index in [1.54, 1.807) is 53.6 Å². The average molecular weight is 450 g/mol. The molecule has 1 aliphatic rings. The van der Waals surface area contributed by atoms with Gasteiger partial charge in [-0.15, -0.1) is 0 Å². The van der Waals surface area contributed by atoms with E-state index >= 15 is 0 Å². The van der Waals surface area contributed by atoms with Crippen molar-refractivity contribution in [3.63, 3.8) is 0 Å². The molecular weight excluding hydrogens is 428 g/mol. The number of nitrogens with zero attached hydrogens (tertiary/aromatic N) is 2. The molecule has 0 aliphatic carbocycles. The van der Waals surface area contributed by atoms with Crippen LogP contribution in [0.25, 0.3) is 11.3 Å². The maximum Gasteiger partial charge on any atom is 0.314 e. The quantitative estimate of drug-likeness (QED) is 0.572. The second-order valence-electron chi connectivity index (χ2n) is 7.17. The van der Waals surface area contributed by atoms with E-state index in [1.165, 1.54) is 13.5 Å². The summed E-state index contributed by atoms with van der Waals surface area (Å²) >= 11 is 0. The molecule has 2 aromatic carbocycles. The molecule has 0 saturated carbocycles. The normalized spacial score (nSPS) is 13.3. The Bertz CT molecular complexity index is 1140. The summed E-state index contributed by atoms with van der Waals surface area (Å²) in [4.78, 5) is 42.8. The topological polar surface area (TPSA) is 123 Å². The van der Waals surface area contributed by atoms with Gasteiger partial charge in [0.15, 0.2) is 12.2 Å². The summed E-state index contributed by atoms with van der Waals surface area (Å²) < 4.78 is 15.9. The van der Waals surface area contributed by atoms with Crippen molar-refractivity contribution in [3.8, 4) is 17.1 Å². The van der Waals surface area contributed by atoms with Crippen LogP contribution in [0.5, 0.6) is 5.75 Å².